The van der Waals surface area contributed by atoms with E-state index in [-0.39, 0.29) is 6.61 Å². The molecule has 2 N–H and O–H groups in total. The van der Waals surface area contributed by atoms with E-state index in [9.17, 15) is 0 Å². The van der Waals surface area contributed by atoms with Crippen molar-refractivity contribution < 1.29 is 5.11 Å². The minimum atomic E-state index is 0.213. The number of hydrogen-bond acceptors (Lipinski definition) is 5. The van der Waals surface area contributed by atoms with E-state index in [1.807, 2.05) is 13.1 Å². The second-order valence-electron chi connectivity index (χ2n) is 4.97. The zero-order chi connectivity index (χ0) is 14.5. The molecule has 2 aromatic heterocycles. The summed E-state index contributed by atoms with van der Waals surface area (Å²) in [6, 6.07) is 2.38. The maximum Gasteiger partial charge on any atom is 0.234 e. The summed E-state index contributed by atoms with van der Waals surface area (Å²) in [5.41, 5.74) is 3.24. The highest BCUT2D eigenvalue weighted by molar-refractivity contribution is 7.98. The molecule has 2 heterocycles. The minimum Gasteiger partial charge on any atom is -0.396 e. The second kappa shape index (κ2) is 7.06. The van der Waals surface area contributed by atoms with Crippen molar-refractivity contribution in [2.24, 2.45) is 0 Å². The molecule has 1 atom stereocenters. The molecule has 6 heteroatoms. The zero-order valence-corrected chi connectivity index (χ0v) is 13.1. The van der Waals surface area contributed by atoms with Gasteiger partial charge in [-0.25, -0.2) is 9.97 Å². The van der Waals surface area contributed by atoms with Crippen molar-refractivity contribution >= 4 is 17.5 Å². The van der Waals surface area contributed by atoms with Crippen LogP contribution in [0.25, 0.3) is 5.78 Å². The van der Waals surface area contributed by atoms with E-state index in [4.69, 9.17) is 5.11 Å². The summed E-state index contributed by atoms with van der Waals surface area (Å²) in [7, 11) is 0. The first-order valence-corrected chi connectivity index (χ1v) is 8.19. The van der Waals surface area contributed by atoms with Gasteiger partial charge in [0.05, 0.1) is 11.9 Å². The summed E-state index contributed by atoms with van der Waals surface area (Å²) in [5.74, 6) is 1.75. The molecule has 0 bridgehead atoms. The third-order valence-corrected chi connectivity index (χ3v) is 4.02. The molecule has 2 aromatic rings. The van der Waals surface area contributed by atoms with Gasteiger partial charge in [0.15, 0.2) is 0 Å². The fourth-order valence-electron chi connectivity index (χ4n) is 2.37. The van der Waals surface area contributed by atoms with E-state index in [0.29, 0.717) is 6.04 Å². The Bertz CT molecular complexity index is 564. The van der Waals surface area contributed by atoms with Crippen LogP contribution in [0.2, 0.25) is 0 Å². The molecule has 0 saturated carbocycles. The second-order valence-corrected chi connectivity index (χ2v) is 5.88. The maximum absolute atomic E-state index is 9.09. The van der Waals surface area contributed by atoms with Gasteiger partial charge in [-0.3, -0.25) is 4.40 Å². The first-order chi connectivity index (χ1) is 9.65. The summed E-state index contributed by atoms with van der Waals surface area (Å²) in [4.78, 5) is 8.80. The minimum absolute atomic E-state index is 0.213. The Morgan fingerprint density at radius 1 is 1.45 bits per heavy atom. The molecule has 0 aliphatic heterocycles. The van der Waals surface area contributed by atoms with Crippen molar-refractivity contribution in [2.45, 2.75) is 32.9 Å². The number of aryl methyl sites for hydroxylation is 2. The van der Waals surface area contributed by atoms with E-state index in [2.05, 4.69) is 38.9 Å². The van der Waals surface area contributed by atoms with Gasteiger partial charge in [-0.2, -0.15) is 11.8 Å². The lowest BCUT2D eigenvalue weighted by atomic mass is 10.2. The predicted molar refractivity (Wildman–Crippen MR) is 83.2 cm³/mol. The maximum atomic E-state index is 9.09. The number of nitrogens with one attached hydrogen (secondary N) is 1. The van der Waals surface area contributed by atoms with Gasteiger partial charge < -0.3 is 10.4 Å². The fourth-order valence-corrected chi connectivity index (χ4v) is 3.06. The molecule has 20 heavy (non-hydrogen) atoms. The van der Waals surface area contributed by atoms with Crippen molar-refractivity contribution in [3.63, 3.8) is 0 Å². The predicted octanol–water partition coefficient (Wildman–Crippen LogP) is 1.55. The van der Waals surface area contributed by atoms with Gasteiger partial charge in [-0.05, 0) is 32.6 Å². The Balaban J connectivity index is 2.13. The lowest BCUT2D eigenvalue weighted by Gasteiger charge is -2.16. The van der Waals surface area contributed by atoms with Crippen molar-refractivity contribution in [1.29, 1.82) is 0 Å². The average Bonchev–Trinajstić information content (AvgIpc) is 2.79. The normalized spacial score (nSPS) is 13.0. The van der Waals surface area contributed by atoms with E-state index in [1.165, 1.54) is 0 Å². The monoisotopic (exact) mass is 294 g/mol. The van der Waals surface area contributed by atoms with Gasteiger partial charge >= 0.3 is 0 Å². The van der Waals surface area contributed by atoms with Crippen LogP contribution >= 0.6 is 11.8 Å². The summed E-state index contributed by atoms with van der Waals surface area (Å²) in [6.07, 6.45) is 4.72. The third kappa shape index (κ3) is 3.50. The van der Waals surface area contributed by atoms with Gasteiger partial charge in [0.25, 0.3) is 0 Å². The number of imidazole rings is 1. The molecule has 0 radical (unpaired) electrons. The summed E-state index contributed by atoms with van der Waals surface area (Å²) in [6.45, 7) is 5.00. The van der Waals surface area contributed by atoms with Gasteiger partial charge in [0.2, 0.25) is 5.78 Å². The standard InChI is InChI=1S/C14H22N4OS/c1-10-6-11(2)18-13(8-16-14(18)17-10)7-15-12(4-5-19)9-20-3/h6,8,12,15,19H,4-5,7,9H2,1-3H3. The zero-order valence-electron chi connectivity index (χ0n) is 12.3. The van der Waals surface area contributed by atoms with Crippen LogP contribution in [0.15, 0.2) is 12.3 Å². The van der Waals surface area contributed by atoms with Crippen LogP contribution in [-0.2, 0) is 6.54 Å². The number of aliphatic hydroxyl groups excluding tert-OH is 1. The number of fused-ring (bicyclic) bond motifs is 1. The van der Waals surface area contributed by atoms with E-state index in [0.717, 1.165) is 41.6 Å². The molecule has 0 aliphatic rings. The third-order valence-electron chi connectivity index (χ3n) is 3.28. The SMILES string of the molecule is CSCC(CCO)NCc1cnc2nc(C)cc(C)n12. The Morgan fingerprint density at radius 3 is 2.95 bits per heavy atom. The largest absolute Gasteiger partial charge is 0.396 e. The molecular weight excluding hydrogens is 272 g/mol. The van der Waals surface area contributed by atoms with Crippen molar-refractivity contribution in [3.05, 3.63) is 29.3 Å². The molecule has 1 unspecified atom stereocenters. The highest BCUT2D eigenvalue weighted by atomic mass is 32.2. The molecule has 110 valence electrons. The highest BCUT2D eigenvalue weighted by Crippen LogP contribution is 2.11. The van der Waals surface area contributed by atoms with E-state index in [1.54, 1.807) is 11.8 Å². The number of nitrogens with zero attached hydrogens (tertiary/aromatic N) is 3. The van der Waals surface area contributed by atoms with Crippen LogP contribution in [0.1, 0.15) is 23.5 Å². The number of aliphatic hydroxyl groups is 1. The quantitative estimate of drug-likeness (QED) is 0.811. The van der Waals surface area contributed by atoms with Crippen LogP contribution in [0.4, 0.5) is 0 Å². The summed E-state index contributed by atoms with van der Waals surface area (Å²) < 4.78 is 2.08. The van der Waals surface area contributed by atoms with Crippen LogP contribution in [-0.4, -0.2) is 44.1 Å². The van der Waals surface area contributed by atoms with Crippen molar-refractivity contribution in [1.82, 2.24) is 19.7 Å². The molecular formula is C14H22N4OS. The van der Waals surface area contributed by atoms with Crippen molar-refractivity contribution in [3.8, 4) is 0 Å². The highest BCUT2D eigenvalue weighted by Gasteiger charge is 2.11. The van der Waals surface area contributed by atoms with Crippen LogP contribution in [0.5, 0.6) is 0 Å². The Hall–Kier alpha value is -1.11. The topological polar surface area (TPSA) is 62.5 Å². The molecule has 0 saturated heterocycles. The van der Waals surface area contributed by atoms with E-state index < -0.39 is 0 Å². The lowest BCUT2D eigenvalue weighted by molar-refractivity contribution is 0.269. The van der Waals surface area contributed by atoms with Crippen LogP contribution in [0, 0.1) is 13.8 Å². The number of hydrogen-bond donors (Lipinski definition) is 2. The molecule has 2 rings (SSSR count). The first kappa shape index (κ1) is 15.3. The van der Waals surface area contributed by atoms with Gasteiger partial charge in [0, 0.05) is 36.3 Å². The first-order valence-electron chi connectivity index (χ1n) is 6.79. The van der Waals surface area contributed by atoms with Crippen LogP contribution < -0.4 is 5.32 Å². The Kier molecular flexibility index (Phi) is 5.39. The Labute approximate surface area is 123 Å². The summed E-state index contributed by atoms with van der Waals surface area (Å²) >= 11 is 1.79. The average molecular weight is 294 g/mol. The van der Waals surface area contributed by atoms with E-state index >= 15 is 0 Å². The Morgan fingerprint density at radius 2 is 2.25 bits per heavy atom. The lowest BCUT2D eigenvalue weighted by Crippen LogP contribution is -2.32. The fraction of sp³-hybridized carbons (Fsp3) is 0.571. The number of aromatic nitrogens is 3. The molecule has 5 nitrogen and oxygen atoms in total. The molecule has 0 aromatic carbocycles. The molecule has 0 amide bonds. The molecule has 0 spiro atoms. The smallest absolute Gasteiger partial charge is 0.234 e. The number of rotatable bonds is 7. The van der Waals surface area contributed by atoms with Crippen molar-refractivity contribution in [2.75, 3.05) is 18.6 Å². The number of thioether (sulfide) groups is 1. The molecule has 0 aliphatic carbocycles. The van der Waals surface area contributed by atoms with Crippen LogP contribution in [0.3, 0.4) is 0 Å². The summed E-state index contributed by atoms with van der Waals surface area (Å²) in [5, 5.41) is 12.6. The van der Waals surface area contributed by atoms with Gasteiger partial charge in [-0.1, -0.05) is 0 Å². The van der Waals surface area contributed by atoms with Gasteiger partial charge in [-0.15, -0.1) is 0 Å². The van der Waals surface area contributed by atoms with Gasteiger partial charge in [0.1, 0.15) is 0 Å². The molecule has 0 fully saturated rings.